The molecule has 1 atom stereocenters. The maximum absolute atomic E-state index is 10.8. The van der Waals surface area contributed by atoms with Crippen molar-refractivity contribution in [2.75, 3.05) is 0 Å². The van der Waals surface area contributed by atoms with E-state index in [-0.39, 0.29) is 0 Å². The first-order valence-electron chi connectivity index (χ1n) is 7.50. The van der Waals surface area contributed by atoms with E-state index in [1.807, 2.05) is 29.8 Å². The van der Waals surface area contributed by atoms with Crippen LogP contribution in [0.15, 0.2) is 30.5 Å². The molecule has 2 heterocycles. The molecule has 1 aromatic carbocycles. The van der Waals surface area contributed by atoms with Gasteiger partial charge in [-0.3, -0.25) is 0 Å². The molecule has 4 nitrogen and oxygen atoms in total. The number of nitrogens with zero attached hydrogens (tertiary/aromatic N) is 3. The molecule has 4 rings (SSSR count). The van der Waals surface area contributed by atoms with Gasteiger partial charge in [0.1, 0.15) is 6.10 Å². The number of benzene rings is 1. The molecular formula is C17H16ClN3O. The highest BCUT2D eigenvalue weighted by Gasteiger charge is 2.26. The van der Waals surface area contributed by atoms with Crippen LogP contribution in [0.4, 0.5) is 0 Å². The maximum atomic E-state index is 10.8. The van der Waals surface area contributed by atoms with Crippen LogP contribution in [0.5, 0.6) is 0 Å². The second kappa shape index (κ2) is 5.07. The molecule has 1 aliphatic carbocycles. The van der Waals surface area contributed by atoms with Crippen molar-refractivity contribution in [1.82, 2.24) is 14.8 Å². The Morgan fingerprint density at radius 3 is 2.95 bits per heavy atom. The largest absolute Gasteiger partial charge is 0.382 e. The van der Waals surface area contributed by atoms with Gasteiger partial charge in [-0.05, 0) is 36.5 Å². The van der Waals surface area contributed by atoms with E-state index in [9.17, 15) is 5.11 Å². The number of fused-ring (bicyclic) bond motifs is 3. The number of aliphatic hydroxyl groups is 1. The van der Waals surface area contributed by atoms with Crippen molar-refractivity contribution in [1.29, 1.82) is 0 Å². The van der Waals surface area contributed by atoms with Crippen LogP contribution in [0, 0.1) is 0 Å². The van der Waals surface area contributed by atoms with Gasteiger partial charge in [-0.15, -0.1) is 0 Å². The average molecular weight is 314 g/mol. The highest BCUT2D eigenvalue weighted by Crippen LogP contribution is 2.37. The van der Waals surface area contributed by atoms with Crippen LogP contribution in [0.25, 0.3) is 11.0 Å². The molecule has 1 aliphatic rings. The smallest absolute Gasteiger partial charge is 0.159 e. The number of halogens is 1. The maximum Gasteiger partial charge on any atom is 0.159 e. The van der Waals surface area contributed by atoms with Gasteiger partial charge in [0.25, 0.3) is 0 Å². The third-order valence-corrected chi connectivity index (χ3v) is 4.83. The van der Waals surface area contributed by atoms with Gasteiger partial charge in [0.15, 0.2) is 5.65 Å². The van der Waals surface area contributed by atoms with Crippen LogP contribution in [-0.2, 0) is 19.4 Å². The van der Waals surface area contributed by atoms with E-state index in [4.69, 9.17) is 16.6 Å². The Morgan fingerprint density at radius 2 is 2.14 bits per heavy atom. The zero-order valence-corrected chi connectivity index (χ0v) is 13.0. The zero-order chi connectivity index (χ0) is 15.3. The lowest BCUT2D eigenvalue weighted by molar-refractivity contribution is 0.215. The number of aromatic nitrogens is 3. The van der Waals surface area contributed by atoms with Crippen molar-refractivity contribution < 1.29 is 5.11 Å². The van der Waals surface area contributed by atoms with E-state index < -0.39 is 6.10 Å². The molecule has 5 heteroatoms. The third kappa shape index (κ3) is 1.87. The number of aliphatic hydroxyl groups excluding tert-OH is 1. The molecular weight excluding hydrogens is 298 g/mol. The minimum atomic E-state index is -0.740. The van der Waals surface area contributed by atoms with Crippen molar-refractivity contribution in [2.24, 2.45) is 0 Å². The first-order valence-corrected chi connectivity index (χ1v) is 7.88. The number of rotatable bonds is 1. The fourth-order valence-corrected chi connectivity index (χ4v) is 3.56. The Labute approximate surface area is 133 Å². The van der Waals surface area contributed by atoms with Gasteiger partial charge >= 0.3 is 0 Å². The van der Waals surface area contributed by atoms with Gasteiger partial charge in [-0.1, -0.05) is 35.9 Å². The van der Waals surface area contributed by atoms with E-state index in [2.05, 4.69) is 11.2 Å². The quantitative estimate of drug-likeness (QED) is 0.750. The standard InChI is InChI=1S/C17H16ClN3O/c1-2-21-17-13(9-19-21)14(18)12-8-7-10-5-3-4-6-11(10)16(22)15(12)20-17/h3-6,9,16,22H,2,7-8H2,1H3. The fourth-order valence-electron chi connectivity index (χ4n) is 3.24. The van der Waals surface area contributed by atoms with E-state index in [1.54, 1.807) is 6.20 Å². The minimum absolute atomic E-state index is 0.664. The average Bonchev–Trinajstić information content (AvgIpc) is 2.90. The van der Waals surface area contributed by atoms with Gasteiger partial charge in [-0.25, -0.2) is 9.67 Å². The lowest BCUT2D eigenvalue weighted by atomic mass is 10.0. The number of pyridine rings is 1. The van der Waals surface area contributed by atoms with Crippen molar-refractivity contribution in [3.63, 3.8) is 0 Å². The van der Waals surface area contributed by atoms with E-state index >= 15 is 0 Å². The van der Waals surface area contributed by atoms with Crippen LogP contribution in [0.1, 0.15) is 35.4 Å². The van der Waals surface area contributed by atoms with Crippen LogP contribution in [0.2, 0.25) is 5.02 Å². The summed E-state index contributed by atoms with van der Waals surface area (Å²) in [6.07, 6.45) is 2.66. The second-order valence-electron chi connectivity index (χ2n) is 5.59. The summed E-state index contributed by atoms with van der Waals surface area (Å²) in [7, 11) is 0. The summed E-state index contributed by atoms with van der Waals surface area (Å²) in [4.78, 5) is 4.71. The summed E-state index contributed by atoms with van der Waals surface area (Å²) < 4.78 is 1.81. The van der Waals surface area contributed by atoms with Crippen LogP contribution >= 0.6 is 11.6 Å². The van der Waals surface area contributed by atoms with Crippen molar-refractivity contribution in [3.05, 3.63) is 57.9 Å². The molecule has 1 unspecified atom stereocenters. The molecule has 0 spiro atoms. The number of hydrogen-bond donors (Lipinski definition) is 1. The fraction of sp³-hybridized carbons (Fsp3) is 0.294. The predicted molar refractivity (Wildman–Crippen MR) is 86.1 cm³/mol. The van der Waals surface area contributed by atoms with Crippen LogP contribution < -0.4 is 0 Å². The monoisotopic (exact) mass is 313 g/mol. The van der Waals surface area contributed by atoms with Gasteiger partial charge in [-0.2, -0.15) is 5.10 Å². The molecule has 0 saturated carbocycles. The molecule has 1 N–H and O–H groups in total. The Balaban J connectivity index is 2.00. The molecule has 3 aromatic rings. The predicted octanol–water partition coefficient (Wildman–Crippen LogP) is 3.28. The summed E-state index contributed by atoms with van der Waals surface area (Å²) in [5.41, 5.74) is 4.42. The van der Waals surface area contributed by atoms with Crippen molar-refractivity contribution in [2.45, 2.75) is 32.4 Å². The molecule has 0 amide bonds. The van der Waals surface area contributed by atoms with Crippen LogP contribution in [0.3, 0.4) is 0 Å². The number of hydrogen-bond acceptors (Lipinski definition) is 3. The van der Waals surface area contributed by atoms with Gasteiger partial charge in [0.2, 0.25) is 0 Å². The zero-order valence-electron chi connectivity index (χ0n) is 12.3. The first-order chi connectivity index (χ1) is 10.7. The summed E-state index contributed by atoms with van der Waals surface area (Å²) >= 11 is 6.61. The number of aryl methyl sites for hydroxylation is 2. The molecule has 0 radical (unpaired) electrons. The lowest BCUT2D eigenvalue weighted by Crippen LogP contribution is -2.08. The second-order valence-corrected chi connectivity index (χ2v) is 5.97. The Kier molecular flexibility index (Phi) is 3.17. The summed E-state index contributed by atoms with van der Waals surface area (Å²) in [6, 6.07) is 7.98. The lowest BCUT2D eigenvalue weighted by Gasteiger charge is -2.15. The van der Waals surface area contributed by atoms with Gasteiger partial charge in [0.05, 0.1) is 22.3 Å². The van der Waals surface area contributed by atoms with Crippen LogP contribution in [-0.4, -0.2) is 19.9 Å². The van der Waals surface area contributed by atoms with Gasteiger partial charge < -0.3 is 5.11 Å². The molecule has 2 aromatic heterocycles. The first kappa shape index (κ1) is 13.7. The molecule has 0 bridgehead atoms. The molecule has 22 heavy (non-hydrogen) atoms. The van der Waals surface area contributed by atoms with E-state index in [1.165, 1.54) is 0 Å². The minimum Gasteiger partial charge on any atom is -0.382 e. The van der Waals surface area contributed by atoms with Crippen molar-refractivity contribution >= 4 is 22.6 Å². The summed E-state index contributed by atoms with van der Waals surface area (Å²) in [5, 5.41) is 16.7. The third-order valence-electron chi connectivity index (χ3n) is 4.40. The van der Waals surface area contributed by atoms with E-state index in [0.717, 1.165) is 47.1 Å². The summed E-state index contributed by atoms with van der Waals surface area (Å²) in [5.74, 6) is 0. The molecule has 0 saturated heterocycles. The molecule has 112 valence electrons. The highest BCUT2D eigenvalue weighted by molar-refractivity contribution is 6.36. The SMILES string of the molecule is CCn1ncc2c(Cl)c3c(nc21)C(O)c1ccccc1CC3. The van der Waals surface area contributed by atoms with Crippen molar-refractivity contribution in [3.8, 4) is 0 Å². The van der Waals surface area contributed by atoms with E-state index in [0.29, 0.717) is 10.7 Å². The summed E-state index contributed by atoms with van der Waals surface area (Å²) in [6.45, 7) is 2.73. The molecule has 0 aliphatic heterocycles. The Morgan fingerprint density at radius 1 is 1.32 bits per heavy atom. The Bertz CT molecular complexity index is 872. The van der Waals surface area contributed by atoms with Gasteiger partial charge in [0, 0.05) is 6.54 Å². The topological polar surface area (TPSA) is 50.9 Å². The highest BCUT2D eigenvalue weighted by atomic mass is 35.5. The normalized spacial score (nSPS) is 17.1. The Hall–Kier alpha value is -1.91. The molecule has 0 fully saturated rings.